The number of carbonyl (C=O) groups excluding carboxylic acids is 2. The average molecular weight is 462 g/mol. The molecule has 0 aliphatic carbocycles. The number of hydrogen-bond donors (Lipinski definition) is 4. The van der Waals surface area contributed by atoms with E-state index in [-0.39, 0.29) is 22.0 Å². The van der Waals surface area contributed by atoms with E-state index in [1.807, 2.05) is 0 Å². The van der Waals surface area contributed by atoms with Crippen LogP contribution in [-0.2, 0) is 14.8 Å². The summed E-state index contributed by atoms with van der Waals surface area (Å²) in [5.74, 6) is -0.461. The number of benzene rings is 2. The fourth-order valence-electron chi connectivity index (χ4n) is 2.55. The molecule has 0 spiro atoms. The van der Waals surface area contributed by atoms with Crippen LogP contribution in [0, 0.1) is 6.92 Å². The fraction of sp³-hybridized carbons (Fsp3) is 0.176. The molecule has 2 aromatic carbocycles. The molecule has 2 aromatic rings. The van der Waals surface area contributed by atoms with Crippen molar-refractivity contribution in [3.63, 3.8) is 0 Å². The standard InChI is InChI=1S/C17H17Cl2N3O4S2/c1-9-11(3-2-4-12(9)18)15(22-17(24)27)8-16(23)21-14-6-5-10(7-13(14)19)28(20,25)26/h2-7,15H,8H2,1H3,(H,21,23)(H2,20,25,26)(H2,22,24,27)/t15-/m0/s1. The first kappa shape index (κ1) is 22.5. The maximum absolute atomic E-state index is 12.5. The first-order chi connectivity index (χ1) is 13.0. The molecule has 150 valence electrons. The normalized spacial score (nSPS) is 12.3. The first-order valence-corrected chi connectivity index (χ1v) is 10.6. The molecule has 11 heteroatoms. The van der Waals surface area contributed by atoms with Crippen molar-refractivity contribution >= 4 is 62.7 Å². The molecule has 28 heavy (non-hydrogen) atoms. The summed E-state index contributed by atoms with van der Waals surface area (Å²) in [6, 6.07) is 8.18. The molecule has 0 radical (unpaired) electrons. The number of primary sulfonamides is 1. The second-order valence-corrected chi connectivity index (χ2v) is 8.68. The molecule has 0 saturated carbocycles. The Bertz CT molecular complexity index is 1030. The second kappa shape index (κ2) is 9.15. The minimum absolute atomic E-state index is 0.00796. The lowest BCUT2D eigenvalue weighted by Gasteiger charge is -2.20. The molecule has 1 atom stereocenters. The fourth-order valence-corrected chi connectivity index (χ4v) is 3.72. The molecule has 7 nitrogen and oxygen atoms in total. The van der Waals surface area contributed by atoms with Crippen molar-refractivity contribution in [2.45, 2.75) is 24.3 Å². The molecule has 0 bridgehead atoms. The predicted octanol–water partition coefficient (Wildman–Crippen LogP) is 3.66. The molecule has 0 heterocycles. The van der Waals surface area contributed by atoms with Crippen LogP contribution < -0.4 is 15.8 Å². The molecule has 0 fully saturated rings. The highest BCUT2D eigenvalue weighted by atomic mass is 35.5. The Hall–Kier alpha value is -1.78. The van der Waals surface area contributed by atoms with Gasteiger partial charge in [-0.05, 0) is 42.3 Å². The number of anilines is 1. The molecular formula is C17H17Cl2N3O4S2. The minimum atomic E-state index is -3.91. The molecule has 2 rings (SSSR count). The molecule has 4 N–H and O–H groups in total. The van der Waals surface area contributed by atoms with Gasteiger partial charge in [0.25, 0.3) is 5.24 Å². The Morgan fingerprint density at radius 2 is 1.86 bits per heavy atom. The van der Waals surface area contributed by atoms with Gasteiger partial charge in [0.2, 0.25) is 15.9 Å². The van der Waals surface area contributed by atoms with E-state index >= 15 is 0 Å². The van der Waals surface area contributed by atoms with Gasteiger partial charge in [-0.15, -0.1) is 0 Å². The van der Waals surface area contributed by atoms with Crippen molar-refractivity contribution in [2.24, 2.45) is 5.14 Å². The van der Waals surface area contributed by atoms with E-state index in [1.54, 1.807) is 25.1 Å². The van der Waals surface area contributed by atoms with Crippen LogP contribution in [0.5, 0.6) is 0 Å². The van der Waals surface area contributed by atoms with Crippen LogP contribution in [0.3, 0.4) is 0 Å². The van der Waals surface area contributed by atoms with Crippen molar-refractivity contribution in [3.8, 4) is 0 Å². The Balaban J connectivity index is 2.23. The number of nitrogens with two attached hydrogens (primary N) is 1. The van der Waals surface area contributed by atoms with Crippen molar-refractivity contribution in [1.29, 1.82) is 0 Å². The Morgan fingerprint density at radius 1 is 1.18 bits per heavy atom. The lowest BCUT2D eigenvalue weighted by atomic mass is 9.98. The number of hydrogen-bond acceptors (Lipinski definition) is 4. The molecular weight excluding hydrogens is 445 g/mol. The van der Waals surface area contributed by atoms with Crippen LogP contribution in [0.4, 0.5) is 10.5 Å². The summed E-state index contributed by atoms with van der Waals surface area (Å²) >= 11 is 15.9. The van der Waals surface area contributed by atoms with Gasteiger partial charge in [0, 0.05) is 5.02 Å². The topological polar surface area (TPSA) is 118 Å². The van der Waals surface area contributed by atoms with E-state index in [0.717, 1.165) is 11.6 Å². The van der Waals surface area contributed by atoms with Crippen LogP contribution in [0.2, 0.25) is 10.0 Å². The maximum atomic E-state index is 12.5. The largest absolute Gasteiger partial charge is 0.340 e. The third-order valence-corrected chi connectivity index (χ3v) is 5.68. The SMILES string of the molecule is Cc1c(Cl)cccc1[C@H](CC(=O)Nc1ccc(S(N)(=O)=O)cc1Cl)NC(=O)S. The highest BCUT2D eigenvalue weighted by Gasteiger charge is 2.21. The van der Waals surface area contributed by atoms with E-state index in [0.29, 0.717) is 10.6 Å². The maximum Gasteiger partial charge on any atom is 0.276 e. The van der Waals surface area contributed by atoms with Crippen LogP contribution in [0.25, 0.3) is 0 Å². The van der Waals surface area contributed by atoms with Gasteiger partial charge in [-0.3, -0.25) is 9.59 Å². The summed E-state index contributed by atoms with van der Waals surface area (Å²) in [6.07, 6.45) is -0.124. The number of carbonyl (C=O) groups is 2. The minimum Gasteiger partial charge on any atom is -0.340 e. The summed E-state index contributed by atoms with van der Waals surface area (Å²) in [5.41, 5.74) is 1.60. The van der Waals surface area contributed by atoms with Crippen molar-refractivity contribution in [3.05, 3.63) is 57.6 Å². The number of halogens is 2. The number of nitrogens with one attached hydrogen (secondary N) is 2. The smallest absolute Gasteiger partial charge is 0.276 e. The Kier molecular flexibility index (Phi) is 7.35. The number of rotatable bonds is 6. The predicted molar refractivity (Wildman–Crippen MR) is 113 cm³/mol. The van der Waals surface area contributed by atoms with Gasteiger partial charge < -0.3 is 10.6 Å². The zero-order chi connectivity index (χ0) is 21.1. The third-order valence-electron chi connectivity index (χ3n) is 3.92. The molecule has 2 amide bonds. The number of thiol groups is 1. The van der Waals surface area contributed by atoms with Gasteiger partial charge in [-0.1, -0.05) is 48.0 Å². The summed E-state index contributed by atoms with van der Waals surface area (Å²) in [7, 11) is -3.91. The highest BCUT2D eigenvalue weighted by Crippen LogP contribution is 2.28. The monoisotopic (exact) mass is 461 g/mol. The summed E-state index contributed by atoms with van der Waals surface area (Å²) < 4.78 is 22.7. The van der Waals surface area contributed by atoms with E-state index in [9.17, 15) is 18.0 Å². The van der Waals surface area contributed by atoms with Gasteiger partial charge in [0.15, 0.2) is 0 Å². The van der Waals surface area contributed by atoms with E-state index in [2.05, 4.69) is 23.3 Å². The van der Waals surface area contributed by atoms with Crippen molar-refractivity contribution in [2.75, 3.05) is 5.32 Å². The molecule has 0 aliphatic rings. The molecule has 0 aliphatic heterocycles. The van der Waals surface area contributed by atoms with Gasteiger partial charge in [0.05, 0.1) is 28.1 Å². The van der Waals surface area contributed by atoms with Gasteiger partial charge in [-0.2, -0.15) is 0 Å². The summed E-state index contributed by atoms with van der Waals surface area (Å²) in [4.78, 5) is 23.8. The van der Waals surface area contributed by atoms with Gasteiger partial charge in [0.1, 0.15) is 0 Å². The zero-order valence-electron chi connectivity index (χ0n) is 14.6. The average Bonchev–Trinajstić information content (AvgIpc) is 2.57. The molecule has 0 unspecified atom stereocenters. The highest BCUT2D eigenvalue weighted by molar-refractivity contribution is 7.96. The van der Waals surface area contributed by atoms with E-state index < -0.39 is 27.2 Å². The second-order valence-electron chi connectivity index (χ2n) is 5.90. The van der Waals surface area contributed by atoms with Crippen molar-refractivity contribution in [1.82, 2.24) is 5.32 Å². The van der Waals surface area contributed by atoms with Crippen LogP contribution in [-0.4, -0.2) is 19.6 Å². The number of amides is 2. The van der Waals surface area contributed by atoms with Crippen LogP contribution in [0.15, 0.2) is 41.3 Å². The molecule has 0 saturated heterocycles. The van der Waals surface area contributed by atoms with E-state index in [1.165, 1.54) is 12.1 Å². The Morgan fingerprint density at radius 3 is 2.43 bits per heavy atom. The quantitative estimate of drug-likeness (QED) is 0.490. The van der Waals surface area contributed by atoms with Gasteiger partial charge >= 0.3 is 0 Å². The lowest BCUT2D eigenvalue weighted by molar-refractivity contribution is -0.116. The zero-order valence-corrected chi connectivity index (χ0v) is 17.8. The van der Waals surface area contributed by atoms with Crippen LogP contribution >= 0.6 is 35.8 Å². The van der Waals surface area contributed by atoms with Crippen molar-refractivity contribution < 1.29 is 18.0 Å². The van der Waals surface area contributed by atoms with E-state index in [4.69, 9.17) is 28.3 Å². The third kappa shape index (κ3) is 5.86. The molecule has 0 aromatic heterocycles. The van der Waals surface area contributed by atoms with Gasteiger partial charge in [-0.25, -0.2) is 13.6 Å². The summed E-state index contributed by atoms with van der Waals surface area (Å²) in [6.45, 7) is 1.77. The number of sulfonamides is 1. The lowest BCUT2D eigenvalue weighted by Crippen LogP contribution is -2.28. The summed E-state index contributed by atoms with van der Waals surface area (Å²) in [5, 5.41) is 10.1. The Labute approximate surface area is 178 Å². The van der Waals surface area contributed by atoms with Crippen LogP contribution in [0.1, 0.15) is 23.6 Å². The first-order valence-electron chi connectivity index (χ1n) is 7.85.